The summed E-state index contributed by atoms with van der Waals surface area (Å²) in [6.45, 7) is 4.33. The maximum atomic E-state index is 11.3. The van der Waals surface area contributed by atoms with Gasteiger partial charge in [-0.3, -0.25) is 9.35 Å². The first kappa shape index (κ1) is 24.1. The van der Waals surface area contributed by atoms with Gasteiger partial charge in [0, 0.05) is 27.9 Å². The van der Waals surface area contributed by atoms with Crippen LogP contribution in [0.15, 0.2) is 52.7 Å². The Hall–Kier alpha value is -2.15. The molecule has 11 heteroatoms. The molecule has 1 heterocycles. The van der Waals surface area contributed by atoms with Gasteiger partial charge in [-0.1, -0.05) is 26.0 Å². The number of nitrogens with zero attached hydrogens (tertiary/aromatic N) is 1. The molecule has 0 bridgehead atoms. The molecule has 0 saturated heterocycles. The van der Waals surface area contributed by atoms with Crippen LogP contribution in [-0.4, -0.2) is 22.2 Å². The minimum atomic E-state index is -3.68. The zero-order valence-electron chi connectivity index (χ0n) is 16.5. The van der Waals surface area contributed by atoms with Crippen molar-refractivity contribution in [2.45, 2.75) is 31.6 Å². The number of nitrogens with one attached hydrogen (secondary N) is 1. The van der Waals surface area contributed by atoms with Crippen molar-refractivity contribution >= 4 is 43.4 Å². The van der Waals surface area contributed by atoms with Crippen LogP contribution in [0.3, 0.4) is 0 Å². The standard InChI is InChI=1S/C19H21N3O2S2.H3NO2S/c1-3-13-5-6-15(11-14(13)4-2)18-12-25-19(22-18)21-16-7-9-17(10-8-16)26(20,23)24;1-4(2)3/h5-12H,3-4H2,1-2H3,(H,21,22)(H2,20,23,24);1H2,(H,2,3)/p-1. The monoisotopic (exact) mass is 467 g/mol. The first-order valence-corrected chi connectivity index (χ1v) is 12.5. The van der Waals surface area contributed by atoms with Crippen LogP contribution in [0.2, 0.25) is 0 Å². The summed E-state index contributed by atoms with van der Waals surface area (Å²) in [6.07, 6.45) is 2.03. The van der Waals surface area contributed by atoms with Gasteiger partial charge in [-0.05, 0) is 54.3 Å². The van der Waals surface area contributed by atoms with Crippen LogP contribution in [0.1, 0.15) is 25.0 Å². The number of hydrogen-bond donors (Lipinski definition) is 3. The van der Waals surface area contributed by atoms with Crippen LogP contribution in [0.25, 0.3) is 11.3 Å². The van der Waals surface area contributed by atoms with Gasteiger partial charge in [0.05, 0.1) is 10.6 Å². The van der Waals surface area contributed by atoms with E-state index >= 15 is 0 Å². The fourth-order valence-corrected chi connectivity index (χ4v) is 4.03. The normalized spacial score (nSPS) is 12.0. The highest BCUT2D eigenvalue weighted by Gasteiger charge is 2.09. The van der Waals surface area contributed by atoms with Gasteiger partial charge >= 0.3 is 0 Å². The second kappa shape index (κ2) is 10.8. The quantitative estimate of drug-likeness (QED) is 0.474. The van der Waals surface area contributed by atoms with Crippen molar-refractivity contribution in [3.8, 4) is 11.3 Å². The molecule has 3 rings (SSSR count). The van der Waals surface area contributed by atoms with Gasteiger partial charge < -0.3 is 9.87 Å². The van der Waals surface area contributed by atoms with Gasteiger partial charge in [0.15, 0.2) is 5.13 Å². The number of aryl methyl sites for hydroxylation is 2. The lowest BCUT2D eigenvalue weighted by atomic mass is 9.99. The third-order valence-corrected chi connectivity index (χ3v) is 5.89. The highest BCUT2D eigenvalue weighted by molar-refractivity contribution is 7.89. The molecule has 30 heavy (non-hydrogen) atoms. The number of rotatable bonds is 6. The SMILES string of the molecule is CCc1ccc(-c2csc(Nc3ccc(S(N)(=O)=O)cc3)n2)cc1CC.NS(=O)[O-]. The summed E-state index contributed by atoms with van der Waals surface area (Å²) >= 11 is -0.854. The van der Waals surface area contributed by atoms with Crippen LogP contribution in [0.5, 0.6) is 0 Å². The lowest BCUT2D eigenvalue weighted by molar-refractivity contribution is 0.538. The van der Waals surface area contributed by atoms with E-state index in [1.807, 2.05) is 5.38 Å². The molecule has 1 unspecified atom stereocenters. The van der Waals surface area contributed by atoms with Gasteiger partial charge in [0.1, 0.15) is 0 Å². The second-order valence-electron chi connectivity index (χ2n) is 6.18. The van der Waals surface area contributed by atoms with Crippen molar-refractivity contribution in [1.29, 1.82) is 0 Å². The molecule has 0 aliphatic heterocycles. The van der Waals surface area contributed by atoms with Crippen molar-refractivity contribution in [1.82, 2.24) is 4.98 Å². The van der Waals surface area contributed by atoms with Crippen molar-refractivity contribution in [2.24, 2.45) is 10.3 Å². The summed E-state index contributed by atoms with van der Waals surface area (Å²) in [7, 11) is -3.68. The summed E-state index contributed by atoms with van der Waals surface area (Å²) in [4.78, 5) is 4.73. The van der Waals surface area contributed by atoms with Crippen molar-refractivity contribution in [3.63, 3.8) is 0 Å². The smallest absolute Gasteiger partial charge is 0.238 e. The molecular weight excluding hydrogens is 444 g/mol. The largest absolute Gasteiger partial charge is 0.760 e. The van der Waals surface area contributed by atoms with Gasteiger partial charge in [-0.25, -0.2) is 18.5 Å². The number of primary sulfonamides is 1. The Morgan fingerprint density at radius 2 is 1.70 bits per heavy atom. The summed E-state index contributed by atoms with van der Waals surface area (Å²) in [5, 5.41) is 15.1. The number of aromatic nitrogens is 1. The van der Waals surface area contributed by atoms with Crippen molar-refractivity contribution < 1.29 is 17.2 Å². The molecule has 0 radical (unpaired) electrons. The highest BCUT2D eigenvalue weighted by Crippen LogP contribution is 2.29. The minimum Gasteiger partial charge on any atom is -0.760 e. The van der Waals surface area contributed by atoms with E-state index in [0.717, 1.165) is 34.9 Å². The molecule has 0 fully saturated rings. The van der Waals surface area contributed by atoms with Crippen LogP contribution in [0.4, 0.5) is 10.8 Å². The Balaban J connectivity index is 0.000000735. The lowest BCUT2D eigenvalue weighted by Crippen LogP contribution is -2.11. The highest BCUT2D eigenvalue weighted by atomic mass is 32.2. The Kier molecular flexibility index (Phi) is 8.65. The zero-order chi connectivity index (χ0) is 22.3. The fraction of sp³-hybridized carbons (Fsp3) is 0.211. The number of sulfonamides is 1. The van der Waals surface area contributed by atoms with Gasteiger partial charge in [0.25, 0.3) is 0 Å². The second-order valence-corrected chi connectivity index (χ2v) is 9.12. The van der Waals surface area contributed by atoms with E-state index in [1.54, 1.807) is 12.1 Å². The summed E-state index contributed by atoms with van der Waals surface area (Å²) in [5.74, 6) is 0. The average molecular weight is 468 g/mol. The molecule has 0 amide bonds. The molecule has 5 N–H and O–H groups in total. The van der Waals surface area contributed by atoms with E-state index in [2.05, 4.69) is 47.5 Å². The number of thiazole rings is 1. The maximum Gasteiger partial charge on any atom is 0.238 e. The number of nitrogens with two attached hydrogens (primary N) is 2. The number of anilines is 2. The lowest BCUT2D eigenvalue weighted by Gasteiger charge is -2.07. The van der Waals surface area contributed by atoms with E-state index in [-0.39, 0.29) is 4.90 Å². The molecule has 3 aromatic rings. The first-order valence-electron chi connectivity index (χ1n) is 8.95. The molecule has 0 aliphatic carbocycles. The predicted molar refractivity (Wildman–Crippen MR) is 121 cm³/mol. The summed E-state index contributed by atoms with van der Waals surface area (Å²) in [6, 6.07) is 12.8. The topological polar surface area (TPSA) is 151 Å². The van der Waals surface area contributed by atoms with Crippen molar-refractivity contribution in [2.75, 3.05) is 5.32 Å². The third kappa shape index (κ3) is 6.97. The van der Waals surface area contributed by atoms with E-state index < -0.39 is 21.3 Å². The van der Waals surface area contributed by atoms with Gasteiger partial charge in [-0.15, -0.1) is 11.3 Å². The van der Waals surface area contributed by atoms with Gasteiger partial charge in [-0.2, -0.15) is 0 Å². The number of benzene rings is 2. The fourth-order valence-electron chi connectivity index (χ4n) is 2.77. The Labute approximate surface area is 182 Å². The predicted octanol–water partition coefficient (Wildman–Crippen LogP) is 3.07. The van der Waals surface area contributed by atoms with Gasteiger partial charge in [0.2, 0.25) is 10.0 Å². The molecule has 1 atom stereocenters. The van der Waals surface area contributed by atoms with Crippen molar-refractivity contribution in [3.05, 3.63) is 59.0 Å². The van der Waals surface area contributed by atoms with Crippen LogP contribution < -0.4 is 15.6 Å². The number of hydrogen-bond acceptors (Lipinski definition) is 7. The average Bonchev–Trinajstić information content (AvgIpc) is 3.15. The summed E-state index contributed by atoms with van der Waals surface area (Å²) in [5.41, 5.74) is 5.52. The van der Waals surface area contributed by atoms with E-state index in [4.69, 9.17) is 13.9 Å². The Morgan fingerprint density at radius 3 is 2.23 bits per heavy atom. The first-order chi connectivity index (χ1) is 14.1. The Bertz CT molecular complexity index is 1110. The molecule has 8 nitrogen and oxygen atoms in total. The zero-order valence-corrected chi connectivity index (χ0v) is 18.9. The molecule has 0 spiro atoms. The summed E-state index contributed by atoms with van der Waals surface area (Å²) < 4.78 is 40.2. The van der Waals surface area contributed by atoms with E-state index in [9.17, 15) is 8.42 Å². The van der Waals surface area contributed by atoms with E-state index in [0.29, 0.717) is 0 Å². The maximum absolute atomic E-state index is 11.3. The van der Waals surface area contributed by atoms with Crippen LogP contribution >= 0.6 is 11.3 Å². The minimum absolute atomic E-state index is 0.0889. The molecule has 162 valence electrons. The van der Waals surface area contributed by atoms with E-state index in [1.165, 1.54) is 34.6 Å². The molecule has 0 aliphatic rings. The molecule has 1 aromatic heterocycles. The third-order valence-electron chi connectivity index (χ3n) is 4.20. The van der Waals surface area contributed by atoms with Crippen LogP contribution in [-0.2, 0) is 34.1 Å². The molecular formula is C19H23N4O4S3-. The molecule has 2 aromatic carbocycles. The molecule has 0 saturated carbocycles. The Morgan fingerprint density at radius 1 is 1.10 bits per heavy atom. The van der Waals surface area contributed by atoms with Crippen LogP contribution in [0, 0.1) is 0 Å².